The number of nitrogens with two attached hydrogens (primary N) is 2. The van der Waals surface area contributed by atoms with E-state index < -0.39 is 0 Å². The lowest BCUT2D eigenvalue weighted by Gasteiger charge is -2.25. The normalized spacial score (nSPS) is 15.1. The first-order valence-electron chi connectivity index (χ1n) is 10.4. The Balaban J connectivity index is 1.79. The number of fused-ring (bicyclic) bond motifs is 2. The molecule has 0 radical (unpaired) electrons. The SMILES string of the molecule is NCCCCCCCCC(N)c1c2c(nc3cc(Cl)cc(Cl)c13)CCCC2. The van der Waals surface area contributed by atoms with E-state index in [0.29, 0.717) is 10.0 Å². The summed E-state index contributed by atoms with van der Waals surface area (Å²) in [5, 5.41) is 2.32. The highest BCUT2D eigenvalue weighted by molar-refractivity contribution is 6.38. The molecule has 4 N–H and O–H groups in total. The third-order valence-corrected chi connectivity index (χ3v) is 6.18. The summed E-state index contributed by atoms with van der Waals surface area (Å²) in [6.45, 7) is 0.801. The number of aryl methyl sites for hydroxylation is 1. The minimum Gasteiger partial charge on any atom is -0.330 e. The first-order chi connectivity index (χ1) is 13.1. The molecule has 27 heavy (non-hydrogen) atoms. The molecule has 0 fully saturated rings. The average molecular weight is 408 g/mol. The van der Waals surface area contributed by atoms with E-state index in [1.54, 1.807) is 0 Å². The monoisotopic (exact) mass is 407 g/mol. The Bertz CT molecular complexity index is 776. The van der Waals surface area contributed by atoms with Gasteiger partial charge >= 0.3 is 0 Å². The summed E-state index contributed by atoms with van der Waals surface area (Å²) in [5.74, 6) is 0. The molecule has 3 nitrogen and oxygen atoms in total. The molecular weight excluding hydrogens is 377 g/mol. The summed E-state index contributed by atoms with van der Waals surface area (Å²) < 4.78 is 0. The van der Waals surface area contributed by atoms with Crippen LogP contribution in [0.15, 0.2) is 12.1 Å². The Kier molecular flexibility index (Phi) is 7.77. The minimum atomic E-state index is 0.00469. The second-order valence-corrected chi connectivity index (χ2v) is 8.59. The van der Waals surface area contributed by atoms with Gasteiger partial charge in [0.05, 0.1) is 10.5 Å². The van der Waals surface area contributed by atoms with E-state index in [4.69, 9.17) is 39.7 Å². The molecule has 0 aliphatic heterocycles. The second kappa shape index (κ2) is 10.1. The van der Waals surface area contributed by atoms with E-state index in [1.165, 1.54) is 55.3 Å². The van der Waals surface area contributed by atoms with Gasteiger partial charge in [-0.25, -0.2) is 0 Å². The third-order valence-electron chi connectivity index (χ3n) is 5.66. The molecule has 0 bridgehead atoms. The van der Waals surface area contributed by atoms with E-state index in [9.17, 15) is 0 Å². The maximum Gasteiger partial charge on any atom is 0.0738 e. The van der Waals surface area contributed by atoms with Crippen LogP contribution in [0.2, 0.25) is 10.0 Å². The lowest BCUT2D eigenvalue weighted by molar-refractivity contribution is 0.540. The molecule has 0 saturated heterocycles. The lowest BCUT2D eigenvalue weighted by atomic mass is 9.85. The number of halogens is 2. The van der Waals surface area contributed by atoms with E-state index >= 15 is 0 Å². The zero-order chi connectivity index (χ0) is 19.2. The van der Waals surface area contributed by atoms with Crippen molar-refractivity contribution in [2.24, 2.45) is 11.5 Å². The molecule has 0 saturated carbocycles. The number of benzene rings is 1. The van der Waals surface area contributed by atoms with Gasteiger partial charge in [-0.15, -0.1) is 0 Å². The maximum atomic E-state index is 6.72. The van der Waals surface area contributed by atoms with Gasteiger partial charge in [0.25, 0.3) is 0 Å². The summed E-state index contributed by atoms with van der Waals surface area (Å²) in [7, 11) is 0. The fraction of sp³-hybridized carbons (Fsp3) is 0.591. The van der Waals surface area contributed by atoms with Crippen molar-refractivity contribution in [2.75, 3.05) is 6.54 Å². The van der Waals surface area contributed by atoms with Crippen LogP contribution in [0.5, 0.6) is 0 Å². The molecule has 1 aromatic carbocycles. The average Bonchev–Trinajstić information content (AvgIpc) is 2.65. The summed E-state index contributed by atoms with van der Waals surface area (Å²) in [6.07, 6.45) is 12.7. The Morgan fingerprint density at radius 2 is 1.67 bits per heavy atom. The van der Waals surface area contributed by atoms with Crippen LogP contribution >= 0.6 is 23.2 Å². The summed E-state index contributed by atoms with van der Waals surface area (Å²) in [6, 6.07) is 3.74. The molecule has 1 heterocycles. The van der Waals surface area contributed by atoms with Gasteiger partial charge in [0, 0.05) is 22.1 Å². The van der Waals surface area contributed by atoms with Gasteiger partial charge in [-0.2, -0.15) is 0 Å². The van der Waals surface area contributed by atoms with Crippen molar-refractivity contribution in [1.29, 1.82) is 0 Å². The fourth-order valence-corrected chi connectivity index (χ4v) is 4.87. The second-order valence-electron chi connectivity index (χ2n) is 7.74. The van der Waals surface area contributed by atoms with Gasteiger partial charge in [-0.1, -0.05) is 55.3 Å². The third kappa shape index (κ3) is 5.14. The van der Waals surface area contributed by atoms with Gasteiger partial charge in [0.1, 0.15) is 0 Å². The van der Waals surface area contributed by atoms with Gasteiger partial charge in [-0.3, -0.25) is 4.98 Å². The van der Waals surface area contributed by atoms with Crippen LogP contribution in [-0.4, -0.2) is 11.5 Å². The maximum absolute atomic E-state index is 6.72. The topological polar surface area (TPSA) is 64.9 Å². The van der Waals surface area contributed by atoms with Crippen molar-refractivity contribution in [1.82, 2.24) is 4.98 Å². The quantitative estimate of drug-likeness (QED) is 0.492. The number of nitrogens with zero attached hydrogens (tertiary/aromatic N) is 1. The standard InChI is InChI=1S/C22H31Cl2N3/c23-15-13-17(24)22-20(14-15)27-19-11-7-6-9-16(19)21(22)18(26)10-5-3-1-2-4-8-12-25/h13-14,18H,1-12,25-26H2. The zero-order valence-electron chi connectivity index (χ0n) is 16.1. The molecule has 2 aromatic rings. The first-order valence-corrected chi connectivity index (χ1v) is 11.1. The predicted molar refractivity (Wildman–Crippen MR) is 117 cm³/mol. The minimum absolute atomic E-state index is 0.00469. The van der Waals surface area contributed by atoms with Gasteiger partial charge in [-0.05, 0) is 68.3 Å². The molecule has 5 heteroatoms. The Hall–Kier alpha value is -0.870. The molecule has 1 aromatic heterocycles. The number of unbranched alkanes of at least 4 members (excludes halogenated alkanes) is 5. The van der Waals surface area contributed by atoms with Gasteiger partial charge < -0.3 is 11.5 Å². The van der Waals surface area contributed by atoms with Gasteiger partial charge in [0.15, 0.2) is 0 Å². The van der Waals surface area contributed by atoms with E-state index in [2.05, 4.69) is 0 Å². The molecule has 3 rings (SSSR count). The highest BCUT2D eigenvalue weighted by Crippen LogP contribution is 2.38. The van der Waals surface area contributed by atoms with Crippen molar-refractivity contribution in [3.05, 3.63) is 39.0 Å². The van der Waals surface area contributed by atoms with Gasteiger partial charge in [0.2, 0.25) is 0 Å². The van der Waals surface area contributed by atoms with Crippen molar-refractivity contribution in [3.8, 4) is 0 Å². The highest BCUT2D eigenvalue weighted by atomic mass is 35.5. The molecule has 1 aliphatic rings. The Morgan fingerprint density at radius 1 is 0.963 bits per heavy atom. The molecule has 1 unspecified atom stereocenters. The van der Waals surface area contributed by atoms with Crippen molar-refractivity contribution < 1.29 is 0 Å². The Labute approximate surface area is 172 Å². The van der Waals surface area contributed by atoms with E-state index in [1.807, 2.05) is 12.1 Å². The van der Waals surface area contributed by atoms with Crippen molar-refractivity contribution in [3.63, 3.8) is 0 Å². The van der Waals surface area contributed by atoms with Crippen LogP contribution in [0.1, 0.15) is 80.7 Å². The summed E-state index contributed by atoms with van der Waals surface area (Å²) in [5.41, 5.74) is 16.9. The van der Waals surface area contributed by atoms with Crippen LogP contribution in [-0.2, 0) is 12.8 Å². The largest absolute Gasteiger partial charge is 0.330 e. The predicted octanol–water partition coefficient (Wildman–Crippen LogP) is 6.11. The zero-order valence-corrected chi connectivity index (χ0v) is 17.6. The molecular formula is C22H31Cl2N3. The molecule has 1 aliphatic carbocycles. The lowest BCUT2D eigenvalue weighted by Crippen LogP contribution is -2.18. The molecule has 0 amide bonds. The van der Waals surface area contributed by atoms with E-state index in [0.717, 1.165) is 49.6 Å². The molecule has 0 spiro atoms. The van der Waals surface area contributed by atoms with Crippen LogP contribution in [0.4, 0.5) is 0 Å². The summed E-state index contributed by atoms with van der Waals surface area (Å²) >= 11 is 12.8. The summed E-state index contributed by atoms with van der Waals surface area (Å²) in [4.78, 5) is 4.88. The fourth-order valence-electron chi connectivity index (χ4n) is 4.28. The highest BCUT2D eigenvalue weighted by Gasteiger charge is 2.23. The molecule has 1 atom stereocenters. The van der Waals surface area contributed by atoms with Crippen LogP contribution in [0, 0.1) is 0 Å². The number of rotatable bonds is 9. The van der Waals surface area contributed by atoms with Crippen molar-refractivity contribution in [2.45, 2.75) is 76.7 Å². The first kappa shape index (κ1) is 20.9. The Morgan fingerprint density at radius 3 is 2.44 bits per heavy atom. The van der Waals surface area contributed by atoms with Crippen LogP contribution < -0.4 is 11.5 Å². The number of pyridine rings is 1. The number of hydrogen-bond acceptors (Lipinski definition) is 3. The smallest absolute Gasteiger partial charge is 0.0738 e. The molecule has 148 valence electrons. The number of aromatic nitrogens is 1. The number of hydrogen-bond donors (Lipinski definition) is 2. The van der Waals surface area contributed by atoms with E-state index in [-0.39, 0.29) is 6.04 Å². The van der Waals surface area contributed by atoms with Crippen LogP contribution in [0.25, 0.3) is 10.9 Å². The van der Waals surface area contributed by atoms with Crippen molar-refractivity contribution >= 4 is 34.1 Å². The van der Waals surface area contributed by atoms with Crippen LogP contribution in [0.3, 0.4) is 0 Å².